The van der Waals surface area contributed by atoms with Crippen molar-refractivity contribution in [1.82, 2.24) is 0 Å². The summed E-state index contributed by atoms with van der Waals surface area (Å²) in [7, 11) is 0. The molecule has 0 aliphatic heterocycles. The summed E-state index contributed by atoms with van der Waals surface area (Å²) >= 11 is 0. The highest BCUT2D eigenvalue weighted by Crippen LogP contribution is 2.37. The van der Waals surface area contributed by atoms with Crippen LogP contribution in [0.5, 0.6) is 0 Å². The minimum Gasteiger partial charge on any atom is -0.398 e. The van der Waals surface area contributed by atoms with Gasteiger partial charge in [0.25, 0.3) is 0 Å². The zero-order valence-corrected chi connectivity index (χ0v) is 16.3. The van der Waals surface area contributed by atoms with E-state index in [-0.39, 0.29) is 10.8 Å². The van der Waals surface area contributed by atoms with Crippen LogP contribution in [-0.2, 0) is 10.8 Å². The zero-order chi connectivity index (χ0) is 18.4. The Morgan fingerprint density at radius 1 is 0.680 bits per heavy atom. The lowest BCUT2D eigenvalue weighted by atomic mass is 9.78. The fourth-order valence-electron chi connectivity index (χ4n) is 3.20. The predicted molar refractivity (Wildman–Crippen MR) is 111 cm³/mol. The number of nitrogen functional groups attached to an aromatic ring is 1. The monoisotopic (exact) mass is 331 g/mol. The molecule has 0 aromatic heterocycles. The number of nitrogens with two attached hydrogens (primary N) is 1. The van der Waals surface area contributed by atoms with Crippen LogP contribution in [0, 0.1) is 0 Å². The molecule has 0 amide bonds. The van der Waals surface area contributed by atoms with Crippen LogP contribution >= 0.6 is 0 Å². The highest BCUT2D eigenvalue weighted by molar-refractivity contribution is 6.00. The third-order valence-corrected chi connectivity index (χ3v) is 4.95. The molecular weight excluding hydrogens is 302 g/mol. The molecule has 0 aliphatic rings. The maximum atomic E-state index is 6.57. The predicted octanol–water partition coefficient (Wildman–Crippen LogP) is 6.68. The fraction of sp³-hybridized carbons (Fsp3) is 0.333. The third kappa shape index (κ3) is 3.42. The fourth-order valence-corrected chi connectivity index (χ4v) is 3.20. The van der Waals surface area contributed by atoms with Gasteiger partial charge in [-0.2, -0.15) is 0 Å². The Labute approximate surface area is 151 Å². The Morgan fingerprint density at radius 2 is 1.24 bits per heavy atom. The Kier molecular flexibility index (Phi) is 4.15. The van der Waals surface area contributed by atoms with Gasteiger partial charge in [-0.3, -0.25) is 0 Å². The van der Waals surface area contributed by atoms with E-state index in [4.69, 9.17) is 5.73 Å². The summed E-state index contributed by atoms with van der Waals surface area (Å²) in [5, 5.41) is 2.31. The zero-order valence-electron chi connectivity index (χ0n) is 16.3. The minimum absolute atomic E-state index is 0.0988. The summed E-state index contributed by atoms with van der Waals surface area (Å²) in [6.07, 6.45) is 0. The number of hydrogen-bond acceptors (Lipinski definition) is 1. The lowest BCUT2D eigenvalue weighted by Gasteiger charge is -2.26. The maximum absolute atomic E-state index is 6.57. The standard InChI is InChI=1S/C24H29N/c1-23(2,3)18-13-17(14-19(15-18)24(4,5)6)21-12-11-16-9-7-8-10-20(16)22(21)25/h7-15H,25H2,1-6H3. The Hall–Kier alpha value is -2.28. The minimum atomic E-state index is 0.0988. The van der Waals surface area contributed by atoms with Crippen LogP contribution in [0.3, 0.4) is 0 Å². The molecular formula is C24H29N. The van der Waals surface area contributed by atoms with E-state index in [1.54, 1.807) is 0 Å². The van der Waals surface area contributed by atoms with Crippen LogP contribution in [0.2, 0.25) is 0 Å². The number of anilines is 1. The first kappa shape index (κ1) is 17.5. The average molecular weight is 332 g/mol. The Balaban J connectivity index is 2.28. The van der Waals surface area contributed by atoms with E-state index < -0.39 is 0 Å². The molecule has 3 aromatic rings. The van der Waals surface area contributed by atoms with Gasteiger partial charge in [-0.1, -0.05) is 96.1 Å². The van der Waals surface area contributed by atoms with E-state index in [0.29, 0.717) is 0 Å². The van der Waals surface area contributed by atoms with Crippen LogP contribution in [0.15, 0.2) is 54.6 Å². The molecule has 0 saturated heterocycles. The van der Waals surface area contributed by atoms with Gasteiger partial charge in [0.2, 0.25) is 0 Å². The quantitative estimate of drug-likeness (QED) is 0.494. The smallest absolute Gasteiger partial charge is 0.0473 e. The molecule has 130 valence electrons. The van der Waals surface area contributed by atoms with Crippen molar-refractivity contribution in [3.05, 3.63) is 65.7 Å². The second kappa shape index (κ2) is 5.91. The molecule has 1 heteroatoms. The van der Waals surface area contributed by atoms with E-state index >= 15 is 0 Å². The molecule has 0 spiro atoms. The Morgan fingerprint density at radius 3 is 1.80 bits per heavy atom. The molecule has 0 heterocycles. The normalized spacial score (nSPS) is 12.6. The van der Waals surface area contributed by atoms with Crippen molar-refractivity contribution >= 4 is 16.5 Å². The van der Waals surface area contributed by atoms with Gasteiger partial charge >= 0.3 is 0 Å². The average Bonchev–Trinajstić information content (AvgIpc) is 2.53. The third-order valence-electron chi connectivity index (χ3n) is 4.95. The molecule has 25 heavy (non-hydrogen) atoms. The van der Waals surface area contributed by atoms with Crippen molar-refractivity contribution in [2.45, 2.75) is 52.4 Å². The topological polar surface area (TPSA) is 26.0 Å². The molecule has 1 nitrogen and oxygen atoms in total. The van der Waals surface area contributed by atoms with Crippen molar-refractivity contribution in [2.75, 3.05) is 5.73 Å². The summed E-state index contributed by atoms with van der Waals surface area (Å²) < 4.78 is 0. The molecule has 3 aromatic carbocycles. The van der Waals surface area contributed by atoms with Crippen LogP contribution in [0.4, 0.5) is 5.69 Å². The molecule has 0 radical (unpaired) electrons. The Bertz CT molecular complexity index is 889. The number of hydrogen-bond donors (Lipinski definition) is 1. The van der Waals surface area contributed by atoms with Crippen molar-refractivity contribution in [1.29, 1.82) is 0 Å². The molecule has 0 aliphatic carbocycles. The van der Waals surface area contributed by atoms with Crippen LogP contribution < -0.4 is 5.73 Å². The van der Waals surface area contributed by atoms with E-state index in [1.807, 2.05) is 0 Å². The summed E-state index contributed by atoms with van der Waals surface area (Å²) in [6.45, 7) is 13.6. The number of rotatable bonds is 1. The van der Waals surface area contributed by atoms with Gasteiger partial charge in [0, 0.05) is 16.6 Å². The molecule has 0 unspecified atom stereocenters. The van der Waals surface area contributed by atoms with Crippen molar-refractivity contribution in [3.8, 4) is 11.1 Å². The van der Waals surface area contributed by atoms with Gasteiger partial charge in [0.15, 0.2) is 0 Å². The van der Waals surface area contributed by atoms with E-state index in [9.17, 15) is 0 Å². The van der Waals surface area contributed by atoms with Crippen LogP contribution in [0.1, 0.15) is 52.7 Å². The van der Waals surface area contributed by atoms with Gasteiger partial charge in [0.1, 0.15) is 0 Å². The maximum Gasteiger partial charge on any atom is 0.0473 e. The summed E-state index contributed by atoms with van der Waals surface area (Å²) in [5.74, 6) is 0. The first-order chi connectivity index (χ1) is 11.6. The summed E-state index contributed by atoms with van der Waals surface area (Å²) in [4.78, 5) is 0. The molecule has 0 bridgehead atoms. The van der Waals surface area contributed by atoms with Crippen molar-refractivity contribution < 1.29 is 0 Å². The SMILES string of the molecule is CC(C)(C)c1cc(-c2ccc3ccccc3c2N)cc(C(C)(C)C)c1. The second-order valence-corrected chi connectivity index (χ2v) is 9.05. The van der Waals surface area contributed by atoms with Gasteiger partial charge in [0.05, 0.1) is 0 Å². The van der Waals surface area contributed by atoms with E-state index in [2.05, 4.69) is 96.1 Å². The molecule has 0 saturated carbocycles. The second-order valence-electron chi connectivity index (χ2n) is 9.05. The largest absolute Gasteiger partial charge is 0.398 e. The van der Waals surface area contributed by atoms with Crippen molar-refractivity contribution in [3.63, 3.8) is 0 Å². The van der Waals surface area contributed by atoms with Crippen LogP contribution in [-0.4, -0.2) is 0 Å². The van der Waals surface area contributed by atoms with Crippen LogP contribution in [0.25, 0.3) is 21.9 Å². The number of fused-ring (bicyclic) bond motifs is 1. The van der Waals surface area contributed by atoms with Crippen molar-refractivity contribution in [2.24, 2.45) is 0 Å². The van der Waals surface area contributed by atoms with E-state index in [0.717, 1.165) is 16.6 Å². The van der Waals surface area contributed by atoms with E-state index in [1.165, 1.54) is 22.1 Å². The first-order valence-corrected chi connectivity index (χ1v) is 9.01. The first-order valence-electron chi connectivity index (χ1n) is 9.01. The van der Waals surface area contributed by atoms with Gasteiger partial charge in [-0.05, 0) is 32.9 Å². The summed E-state index contributed by atoms with van der Waals surface area (Å²) in [6, 6.07) is 19.6. The lowest BCUT2D eigenvalue weighted by molar-refractivity contribution is 0.569. The van der Waals surface area contributed by atoms with Gasteiger partial charge < -0.3 is 5.73 Å². The lowest BCUT2D eigenvalue weighted by Crippen LogP contribution is -2.16. The highest BCUT2D eigenvalue weighted by atomic mass is 14.6. The van der Waals surface area contributed by atoms with Gasteiger partial charge in [-0.25, -0.2) is 0 Å². The molecule has 0 fully saturated rings. The molecule has 3 rings (SSSR count). The van der Waals surface area contributed by atoms with Gasteiger partial charge in [-0.15, -0.1) is 0 Å². The molecule has 2 N–H and O–H groups in total. The number of benzene rings is 3. The summed E-state index contributed by atoms with van der Waals surface area (Å²) in [5.41, 5.74) is 12.7. The highest BCUT2D eigenvalue weighted by Gasteiger charge is 2.21. The molecule has 0 atom stereocenters.